The second kappa shape index (κ2) is 12.2. The lowest BCUT2D eigenvalue weighted by molar-refractivity contribution is -0.133. The van der Waals surface area contributed by atoms with Gasteiger partial charge in [0.25, 0.3) is 5.91 Å². The number of likely N-dealkylation sites (tertiary alicyclic amines) is 2. The van der Waals surface area contributed by atoms with Crippen LogP contribution in [0.3, 0.4) is 0 Å². The zero-order chi connectivity index (χ0) is 27.5. The van der Waals surface area contributed by atoms with Gasteiger partial charge in [-0.1, -0.05) is 54.6 Å². The Morgan fingerprint density at radius 3 is 2.13 bits per heavy atom. The third-order valence-corrected chi connectivity index (χ3v) is 9.21. The molecule has 2 aliphatic heterocycles. The van der Waals surface area contributed by atoms with E-state index in [4.69, 9.17) is 28.3 Å². The molecule has 1 saturated carbocycles. The lowest BCUT2D eigenvalue weighted by atomic mass is 9.93. The highest BCUT2D eigenvalue weighted by Gasteiger charge is 2.36. The van der Waals surface area contributed by atoms with Crippen LogP contribution in [0, 0.1) is 5.92 Å². The number of nitrogens with zero attached hydrogens (tertiary/aromatic N) is 2. The van der Waals surface area contributed by atoms with Crippen molar-refractivity contribution in [2.24, 2.45) is 5.92 Å². The predicted octanol–water partition coefficient (Wildman–Crippen LogP) is 6.26. The molecule has 2 aromatic carbocycles. The summed E-state index contributed by atoms with van der Waals surface area (Å²) in [6.45, 7) is 1.66. The normalized spacial score (nSPS) is 20.9. The second-order valence-electron chi connectivity index (χ2n) is 11.0. The Balaban J connectivity index is 1.20. The van der Waals surface area contributed by atoms with Gasteiger partial charge in [0, 0.05) is 53.2 Å². The van der Waals surface area contributed by atoms with Gasteiger partial charge in [-0.05, 0) is 79.5 Å². The Hall–Kier alpha value is -2.77. The molecule has 0 spiro atoms. The first-order valence-corrected chi connectivity index (χ1v) is 14.7. The lowest BCUT2D eigenvalue weighted by Gasteiger charge is -2.31. The van der Waals surface area contributed by atoms with Crippen LogP contribution in [0.4, 0.5) is 4.79 Å². The highest BCUT2D eigenvalue weighted by molar-refractivity contribution is 6.36. The highest BCUT2D eigenvalue weighted by atomic mass is 35.5. The fourth-order valence-electron chi connectivity index (χ4n) is 6.22. The summed E-state index contributed by atoms with van der Waals surface area (Å²) in [5, 5.41) is 13.2. The molecule has 1 aliphatic carbocycles. The fraction of sp³-hybridized carbons (Fsp3) is 0.500. The molecule has 0 aromatic heterocycles. The van der Waals surface area contributed by atoms with Crippen LogP contribution in [0.15, 0.2) is 36.4 Å². The Labute approximate surface area is 239 Å². The van der Waals surface area contributed by atoms with Gasteiger partial charge < -0.3 is 20.2 Å². The first-order chi connectivity index (χ1) is 18.8. The molecule has 2 N–H and O–H groups in total. The van der Waals surface area contributed by atoms with E-state index in [2.05, 4.69) is 10.2 Å². The smallest absolute Gasteiger partial charge is 0.407 e. The van der Waals surface area contributed by atoms with Gasteiger partial charge >= 0.3 is 6.09 Å². The van der Waals surface area contributed by atoms with Crippen molar-refractivity contribution in [3.8, 4) is 11.1 Å². The molecule has 3 fully saturated rings. The van der Waals surface area contributed by atoms with E-state index in [1.54, 1.807) is 12.1 Å². The van der Waals surface area contributed by atoms with E-state index in [9.17, 15) is 14.4 Å². The largest absolute Gasteiger partial charge is 0.465 e. The molecule has 7 nitrogen and oxygen atoms in total. The number of halogens is 2. The van der Waals surface area contributed by atoms with E-state index in [1.807, 2.05) is 24.3 Å². The number of carbonyl (C=O) groups excluding carboxylic acids is 2. The van der Waals surface area contributed by atoms with Crippen LogP contribution >= 0.6 is 23.2 Å². The zero-order valence-corrected chi connectivity index (χ0v) is 23.5. The van der Waals surface area contributed by atoms with Crippen LogP contribution in [-0.4, -0.2) is 64.5 Å². The Bertz CT molecular complexity index is 1200. The van der Waals surface area contributed by atoms with Gasteiger partial charge in [0.2, 0.25) is 5.91 Å². The molecule has 39 heavy (non-hydrogen) atoms. The van der Waals surface area contributed by atoms with Crippen molar-refractivity contribution in [3.63, 3.8) is 0 Å². The maximum absolute atomic E-state index is 13.2. The maximum atomic E-state index is 13.2. The van der Waals surface area contributed by atoms with Crippen molar-refractivity contribution in [1.29, 1.82) is 0 Å². The molecule has 0 bridgehead atoms. The number of carbonyl (C=O) groups is 3. The van der Waals surface area contributed by atoms with Crippen LogP contribution in [0.5, 0.6) is 0 Å². The molecule has 5 rings (SSSR count). The third kappa shape index (κ3) is 6.36. The third-order valence-electron chi connectivity index (χ3n) is 8.54. The summed E-state index contributed by atoms with van der Waals surface area (Å²) >= 11 is 13.4. The Morgan fingerprint density at radius 1 is 0.872 bits per heavy atom. The van der Waals surface area contributed by atoms with E-state index in [-0.39, 0.29) is 23.8 Å². The van der Waals surface area contributed by atoms with Crippen LogP contribution < -0.4 is 5.32 Å². The average molecular weight is 573 g/mol. The van der Waals surface area contributed by atoms with E-state index < -0.39 is 6.09 Å². The van der Waals surface area contributed by atoms with Crippen LogP contribution in [0.25, 0.3) is 11.1 Å². The summed E-state index contributed by atoms with van der Waals surface area (Å²) in [5.41, 5.74) is 3.09. The van der Waals surface area contributed by atoms with E-state index >= 15 is 0 Å². The van der Waals surface area contributed by atoms with Gasteiger partial charge in [0.15, 0.2) is 0 Å². The monoisotopic (exact) mass is 571 g/mol. The second-order valence-corrected chi connectivity index (χ2v) is 11.8. The van der Waals surface area contributed by atoms with Gasteiger partial charge in [-0.2, -0.15) is 0 Å². The predicted molar refractivity (Wildman–Crippen MR) is 152 cm³/mol. The summed E-state index contributed by atoms with van der Waals surface area (Å²) in [6.07, 6.45) is 7.58. The average Bonchev–Trinajstić information content (AvgIpc) is 3.31. The number of amides is 3. The summed E-state index contributed by atoms with van der Waals surface area (Å²) in [5.74, 6) is -0.0217. The minimum absolute atomic E-state index is 0.0422. The number of hydrogen-bond donors (Lipinski definition) is 2. The van der Waals surface area contributed by atoms with Gasteiger partial charge in [-0.3, -0.25) is 9.59 Å². The number of piperidine rings is 1. The van der Waals surface area contributed by atoms with E-state index in [0.29, 0.717) is 54.0 Å². The van der Waals surface area contributed by atoms with Crippen LogP contribution in [-0.2, 0) is 11.2 Å². The number of hydrogen-bond acceptors (Lipinski definition) is 3. The molecular weight excluding hydrogens is 537 g/mol. The van der Waals surface area contributed by atoms with Crippen molar-refractivity contribution < 1.29 is 19.5 Å². The first-order valence-electron chi connectivity index (χ1n) is 14.0. The standard InChI is InChI=1S/C30H35Cl2N3O4/c31-26-17-22(18-27(32)25(26)16-21-10-15-35(29(21)37)24-4-2-1-3-5-24)19-6-8-20(9-7-19)28(36)33-23-11-13-34(14-12-23)30(38)39/h6-9,17-18,21,23-24H,1-5,10-16H2,(H,33,36)(H,38,39). The molecule has 2 heterocycles. The van der Waals surface area contributed by atoms with Crippen molar-refractivity contribution in [3.05, 3.63) is 57.6 Å². The van der Waals surface area contributed by atoms with Gasteiger partial charge in [-0.15, -0.1) is 0 Å². The molecule has 2 aromatic rings. The number of benzene rings is 2. The first kappa shape index (κ1) is 27.8. The molecule has 3 aliphatic rings. The SMILES string of the molecule is O=C(NC1CCN(C(=O)O)CC1)c1ccc(-c2cc(Cl)c(CC3CCN(C4CCCCC4)C3=O)c(Cl)c2)cc1. The maximum Gasteiger partial charge on any atom is 0.407 e. The summed E-state index contributed by atoms with van der Waals surface area (Å²) in [6, 6.07) is 11.4. The molecule has 9 heteroatoms. The summed E-state index contributed by atoms with van der Waals surface area (Å²) < 4.78 is 0. The van der Waals surface area contributed by atoms with Crippen molar-refractivity contribution in [2.45, 2.75) is 69.9 Å². The molecule has 1 unspecified atom stereocenters. The zero-order valence-electron chi connectivity index (χ0n) is 22.0. The van der Waals surface area contributed by atoms with Gasteiger partial charge in [0.1, 0.15) is 0 Å². The summed E-state index contributed by atoms with van der Waals surface area (Å²) in [7, 11) is 0. The molecular formula is C30H35Cl2N3O4. The summed E-state index contributed by atoms with van der Waals surface area (Å²) in [4.78, 5) is 40.4. The minimum Gasteiger partial charge on any atom is -0.465 e. The minimum atomic E-state index is -0.920. The number of rotatable bonds is 6. The van der Waals surface area contributed by atoms with Gasteiger partial charge in [0.05, 0.1) is 0 Å². The van der Waals surface area contributed by atoms with E-state index in [1.165, 1.54) is 24.2 Å². The number of nitrogens with one attached hydrogen (secondary N) is 1. The van der Waals surface area contributed by atoms with E-state index in [0.717, 1.165) is 42.5 Å². The Kier molecular flexibility index (Phi) is 8.67. The van der Waals surface area contributed by atoms with Crippen LogP contribution in [0.1, 0.15) is 67.3 Å². The van der Waals surface area contributed by atoms with Crippen molar-refractivity contribution >= 4 is 41.1 Å². The Morgan fingerprint density at radius 2 is 1.51 bits per heavy atom. The van der Waals surface area contributed by atoms with Gasteiger partial charge in [-0.25, -0.2) is 4.79 Å². The molecule has 1 atom stereocenters. The van der Waals surface area contributed by atoms with Crippen molar-refractivity contribution in [2.75, 3.05) is 19.6 Å². The topological polar surface area (TPSA) is 89.9 Å². The van der Waals surface area contributed by atoms with Crippen LogP contribution in [0.2, 0.25) is 10.0 Å². The highest BCUT2D eigenvalue weighted by Crippen LogP contribution is 2.36. The molecule has 208 valence electrons. The molecule has 3 amide bonds. The van der Waals surface area contributed by atoms with Crippen molar-refractivity contribution in [1.82, 2.24) is 15.1 Å². The quantitative estimate of drug-likeness (QED) is 0.428. The molecule has 0 radical (unpaired) electrons. The lowest BCUT2D eigenvalue weighted by Crippen LogP contribution is -2.46. The fourth-order valence-corrected chi connectivity index (χ4v) is 6.86. The molecule has 2 saturated heterocycles. The number of carboxylic acid groups (broad SMARTS) is 1.